The van der Waals surface area contributed by atoms with Gasteiger partial charge in [0.1, 0.15) is 11.0 Å². The van der Waals surface area contributed by atoms with Crippen LogP contribution in [-0.4, -0.2) is 19.7 Å². The molecule has 0 aromatic carbocycles. The summed E-state index contributed by atoms with van der Waals surface area (Å²) in [6.45, 7) is 1.88. The predicted molar refractivity (Wildman–Crippen MR) is 53.3 cm³/mol. The van der Waals surface area contributed by atoms with Crippen LogP contribution in [0.4, 0.5) is 5.82 Å². The van der Waals surface area contributed by atoms with Crippen LogP contribution in [0.1, 0.15) is 5.69 Å². The van der Waals surface area contributed by atoms with Gasteiger partial charge in [-0.3, -0.25) is 4.98 Å². The first kappa shape index (κ1) is 8.96. The van der Waals surface area contributed by atoms with Crippen molar-refractivity contribution >= 4 is 17.4 Å². The molecule has 0 bridgehead atoms. The van der Waals surface area contributed by atoms with Gasteiger partial charge in [0.25, 0.3) is 0 Å². The molecule has 2 aromatic rings. The normalized spacial score (nSPS) is 10.4. The van der Waals surface area contributed by atoms with E-state index in [0.717, 1.165) is 5.69 Å². The van der Waals surface area contributed by atoms with E-state index in [2.05, 4.69) is 15.1 Å². The maximum absolute atomic E-state index is 5.71. The number of hydrogen-bond donors (Lipinski definition) is 1. The monoisotopic (exact) mass is 209 g/mol. The van der Waals surface area contributed by atoms with E-state index >= 15 is 0 Å². The fourth-order valence-corrected chi connectivity index (χ4v) is 1.31. The molecule has 6 heteroatoms. The molecule has 5 nitrogen and oxygen atoms in total. The molecule has 0 spiro atoms. The highest BCUT2D eigenvalue weighted by Gasteiger charge is 2.05. The maximum atomic E-state index is 5.71. The van der Waals surface area contributed by atoms with Crippen LogP contribution >= 0.6 is 11.6 Å². The lowest BCUT2D eigenvalue weighted by Crippen LogP contribution is -2.02. The molecule has 0 saturated carbocycles. The quantitative estimate of drug-likeness (QED) is 0.767. The third-order valence-corrected chi connectivity index (χ3v) is 1.90. The van der Waals surface area contributed by atoms with Crippen LogP contribution < -0.4 is 5.73 Å². The summed E-state index contributed by atoms with van der Waals surface area (Å²) < 4.78 is 1.59. The largest absolute Gasteiger partial charge is 0.382 e. The van der Waals surface area contributed by atoms with Crippen LogP contribution in [0.3, 0.4) is 0 Å². The first-order chi connectivity index (χ1) is 6.66. The number of hydrogen-bond acceptors (Lipinski definition) is 4. The second-order valence-electron chi connectivity index (χ2n) is 2.82. The zero-order valence-corrected chi connectivity index (χ0v) is 8.23. The molecule has 2 N–H and O–H groups in total. The second-order valence-corrected chi connectivity index (χ2v) is 3.21. The van der Waals surface area contributed by atoms with E-state index in [9.17, 15) is 0 Å². The predicted octanol–water partition coefficient (Wildman–Crippen LogP) is 1.21. The molecule has 0 atom stereocenters. The molecule has 0 fully saturated rings. The summed E-state index contributed by atoms with van der Waals surface area (Å²) in [5.74, 6) is 1.01. The van der Waals surface area contributed by atoms with Crippen molar-refractivity contribution in [3.8, 4) is 5.82 Å². The lowest BCUT2D eigenvalue weighted by Gasteiger charge is -2.01. The van der Waals surface area contributed by atoms with E-state index < -0.39 is 0 Å². The Morgan fingerprint density at radius 2 is 2.21 bits per heavy atom. The summed E-state index contributed by atoms with van der Waals surface area (Å²) in [7, 11) is 0. The van der Waals surface area contributed by atoms with Crippen LogP contribution in [0.15, 0.2) is 18.5 Å². The van der Waals surface area contributed by atoms with Crippen LogP contribution in [0.2, 0.25) is 5.15 Å². The minimum absolute atomic E-state index is 0.330. The van der Waals surface area contributed by atoms with Crippen LogP contribution in [0, 0.1) is 6.92 Å². The summed E-state index contributed by atoms with van der Waals surface area (Å²) in [6.07, 6.45) is 3.04. The fourth-order valence-electron chi connectivity index (χ4n) is 1.16. The van der Waals surface area contributed by atoms with Crippen molar-refractivity contribution in [2.24, 2.45) is 0 Å². The van der Waals surface area contributed by atoms with Gasteiger partial charge in [0.05, 0.1) is 12.4 Å². The van der Waals surface area contributed by atoms with Crippen molar-refractivity contribution in [3.63, 3.8) is 0 Å². The molecule has 14 heavy (non-hydrogen) atoms. The first-order valence-electron chi connectivity index (χ1n) is 3.97. The van der Waals surface area contributed by atoms with Gasteiger partial charge in [-0.25, -0.2) is 9.67 Å². The van der Waals surface area contributed by atoms with Gasteiger partial charge in [-0.05, 0) is 6.92 Å². The topological polar surface area (TPSA) is 69.6 Å². The molecule has 0 amide bonds. The summed E-state index contributed by atoms with van der Waals surface area (Å²) in [5.41, 5.74) is 6.43. The number of halogens is 1. The standard InChI is InChI=1S/C8H8ClN5/c1-5-2-7(10)13-14(5)8-4-11-3-6(9)12-8/h2-4H,1H3,(H2,10,13). The number of rotatable bonds is 1. The maximum Gasteiger partial charge on any atom is 0.173 e. The molecule has 0 saturated heterocycles. The Morgan fingerprint density at radius 1 is 1.43 bits per heavy atom. The van der Waals surface area contributed by atoms with Crippen molar-refractivity contribution < 1.29 is 0 Å². The smallest absolute Gasteiger partial charge is 0.173 e. The Bertz CT molecular complexity index is 465. The van der Waals surface area contributed by atoms with Gasteiger partial charge >= 0.3 is 0 Å². The van der Waals surface area contributed by atoms with Gasteiger partial charge in [0.2, 0.25) is 0 Å². The van der Waals surface area contributed by atoms with E-state index in [1.165, 1.54) is 6.20 Å². The van der Waals surface area contributed by atoms with Crippen molar-refractivity contribution in [2.45, 2.75) is 6.92 Å². The highest BCUT2D eigenvalue weighted by Crippen LogP contribution is 2.11. The Balaban J connectivity index is 2.54. The van der Waals surface area contributed by atoms with Crippen LogP contribution in [-0.2, 0) is 0 Å². The van der Waals surface area contributed by atoms with Crippen molar-refractivity contribution in [1.29, 1.82) is 0 Å². The molecule has 0 aliphatic carbocycles. The molecule has 2 aromatic heterocycles. The minimum Gasteiger partial charge on any atom is -0.382 e. The summed E-state index contributed by atoms with van der Waals surface area (Å²) in [5, 5.41) is 4.38. The van der Waals surface area contributed by atoms with Gasteiger partial charge in [0.15, 0.2) is 5.82 Å². The number of aryl methyl sites for hydroxylation is 1. The van der Waals surface area contributed by atoms with Gasteiger partial charge in [-0.2, -0.15) is 0 Å². The zero-order valence-electron chi connectivity index (χ0n) is 7.48. The zero-order chi connectivity index (χ0) is 10.1. The van der Waals surface area contributed by atoms with Crippen molar-refractivity contribution in [3.05, 3.63) is 29.3 Å². The second kappa shape index (κ2) is 3.26. The lowest BCUT2D eigenvalue weighted by atomic mass is 10.4. The Labute approximate surface area is 85.5 Å². The van der Waals surface area contributed by atoms with Crippen molar-refractivity contribution in [2.75, 3.05) is 5.73 Å². The molecule has 0 aliphatic heterocycles. The van der Waals surface area contributed by atoms with Crippen LogP contribution in [0.5, 0.6) is 0 Å². The molecule has 0 radical (unpaired) electrons. The molecular formula is C8H8ClN5. The third-order valence-electron chi connectivity index (χ3n) is 1.72. The Kier molecular flexibility index (Phi) is 2.09. The molecule has 72 valence electrons. The van der Waals surface area contributed by atoms with E-state index in [-0.39, 0.29) is 0 Å². The molecule has 0 unspecified atom stereocenters. The molecule has 2 heterocycles. The number of nitrogen functional groups attached to an aromatic ring is 1. The number of nitrogens with two attached hydrogens (primary N) is 1. The molecular weight excluding hydrogens is 202 g/mol. The molecule has 0 aliphatic rings. The summed E-state index contributed by atoms with van der Waals surface area (Å²) >= 11 is 5.71. The highest BCUT2D eigenvalue weighted by molar-refractivity contribution is 6.29. The summed E-state index contributed by atoms with van der Waals surface area (Å²) in [6, 6.07) is 1.75. The average Bonchev–Trinajstić information content (AvgIpc) is 2.45. The van der Waals surface area contributed by atoms with E-state index in [1.807, 2.05) is 6.92 Å². The molecule has 2 rings (SSSR count). The van der Waals surface area contributed by atoms with Gasteiger partial charge in [0, 0.05) is 11.8 Å². The number of aromatic nitrogens is 4. The Hall–Kier alpha value is -1.62. The summed E-state index contributed by atoms with van der Waals surface area (Å²) in [4.78, 5) is 7.98. The van der Waals surface area contributed by atoms with Crippen LogP contribution in [0.25, 0.3) is 5.82 Å². The average molecular weight is 210 g/mol. The van der Waals surface area contributed by atoms with Gasteiger partial charge in [-0.15, -0.1) is 5.10 Å². The Morgan fingerprint density at radius 3 is 2.79 bits per heavy atom. The van der Waals surface area contributed by atoms with E-state index in [1.54, 1.807) is 16.9 Å². The minimum atomic E-state index is 0.330. The van der Waals surface area contributed by atoms with Crippen molar-refractivity contribution in [1.82, 2.24) is 19.7 Å². The SMILES string of the molecule is Cc1cc(N)nn1-c1cncc(Cl)n1. The highest BCUT2D eigenvalue weighted by atomic mass is 35.5. The lowest BCUT2D eigenvalue weighted by molar-refractivity contribution is 0.813. The number of anilines is 1. The number of nitrogens with zero attached hydrogens (tertiary/aromatic N) is 4. The van der Waals surface area contributed by atoms with E-state index in [0.29, 0.717) is 16.8 Å². The van der Waals surface area contributed by atoms with Gasteiger partial charge in [-0.1, -0.05) is 11.6 Å². The fraction of sp³-hybridized carbons (Fsp3) is 0.125. The van der Waals surface area contributed by atoms with E-state index in [4.69, 9.17) is 17.3 Å². The first-order valence-corrected chi connectivity index (χ1v) is 4.34. The third kappa shape index (κ3) is 1.54. The van der Waals surface area contributed by atoms with Gasteiger partial charge < -0.3 is 5.73 Å².